The van der Waals surface area contributed by atoms with Crippen LogP contribution in [0.5, 0.6) is 0 Å². The van der Waals surface area contributed by atoms with E-state index < -0.39 is 0 Å². The fourth-order valence-electron chi connectivity index (χ4n) is 3.07. The van der Waals surface area contributed by atoms with E-state index in [1.54, 1.807) is 11.3 Å². The van der Waals surface area contributed by atoms with Crippen molar-refractivity contribution in [3.8, 4) is 0 Å². The highest BCUT2D eigenvalue weighted by atomic mass is 32.1. The quantitative estimate of drug-likeness (QED) is 0.628. The van der Waals surface area contributed by atoms with Crippen molar-refractivity contribution in [1.29, 1.82) is 0 Å². The number of aromatic nitrogens is 1. The molecule has 3 unspecified atom stereocenters. The number of thiazole rings is 1. The summed E-state index contributed by atoms with van der Waals surface area (Å²) in [7, 11) is 0. The van der Waals surface area contributed by atoms with Crippen LogP contribution in [0.15, 0.2) is 5.38 Å². The molecular weight excluding hydrogens is 260 g/mol. The lowest BCUT2D eigenvalue weighted by molar-refractivity contribution is -0.0644. The molecule has 106 valence electrons. The molecular formula is C13H22N4OS. The molecule has 3 heterocycles. The number of rotatable bonds is 4. The zero-order valence-corrected chi connectivity index (χ0v) is 12.2. The van der Waals surface area contributed by atoms with Gasteiger partial charge in [0.2, 0.25) is 0 Å². The first-order chi connectivity index (χ1) is 9.26. The molecule has 1 aromatic heterocycles. The average Bonchev–Trinajstić information content (AvgIpc) is 3.03. The zero-order valence-electron chi connectivity index (χ0n) is 11.3. The van der Waals surface area contributed by atoms with Crippen molar-refractivity contribution in [3.05, 3.63) is 16.1 Å². The van der Waals surface area contributed by atoms with Crippen molar-refractivity contribution >= 4 is 11.3 Å². The predicted octanol–water partition coefficient (Wildman–Crippen LogP) is 0.689. The van der Waals surface area contributed by atoms with Gasteiger partial charge in [-0.3, -0.25) is 16.2 Å². The first kappa shape index (κ1) is 13.5. The van der Waals surface area contributed by atoms with Gasteiger partial charge in [-0.2, -0.15) is 0 Å². The molecule has 0 radical (unpaired) electrons. The second kappa shape index (κ2) is 5.85. The summed E-state index contributed by atoms with van der Waals surface area (Å²) >= 11 is 1.70. The highest BCUT2D eigenvalue weighted by Crippen LogP contribution is 2.24. The van der Waals surface area contributed by atoms with Gasteiger partial charge < -0.3 is 4.74 Å². The Hall–Kier alpha value is -0.530. The van der Waals surface area contributed by atoms with Crippen molar-refractivity contribution in [3.63, 3.8) is 0 Å². The molecule has 19 heavy (non-hydrogen) atoms. The van der Waals surface area contributed by atoms with Gasteiger partial charge in [0.15, 0.2) is 0 Å². The summed E-state index contributed by atoms with van der Waals surface area (Å²) in [6, 6.07) is 0.781. The summed E-state index contributed by atoms with van der Waals surface area (Å²) in [4.78, 5) is 7.06. The van der Waals surface area contributed by atoms with Gasteiger partial charge in [-0.05, 0) is 26.3 Å². The van der Waals surface area contributed by atoms with E-state index in [0.29, 0.717) is 6.04 Å². The van der Waals surface area contributed by atoms with Gasteiger partial charge in [-0.1, -0.05) is 0 Å². The van der Waals surface area contributed by atoms with E-state index in [-0.39, 0.29) is 12.1 Å². The van der Waals surface area contributed by atoms with Crippen LogP contribution < -0.4 is 11.3 Å². The fourth-order valence-corrected chi connectivity index (χ4v) is 3.90. The molecule has 0 bridgehead atoms. The molecule has 2 aliphatic rings. The van der Waals surface area contributed by atoms with Gasteiger partial charge in [0.25, 0.3) is 0 Å². The van der Waals surface area contributed by atoms with Crippen molar-refractivity contribution in [1.82, 2.24) is 15.3 Å². The van der Waals surface area contributed by atoms with E-state index in [9.17, 15) is 0 Å². The Morgan fingerprint density at radius 2 is 2.58 bits per heavy atom. The molecule has 5 nitrogen and oxygen atoms in total. The van der Waals surface area contributed by atoms with Crippen molar-refractivity contribution in [2.75, 3.05) is 19.7 Å². The van der Waals surface area contributed by atoms with Gasteiger partial charge in [0.05, 0.1) is 23.8 Å². The number of hydrazine groups is 1. The number of aryl methyl sites for hydroxylation is 1. The van der Waals surface area contributed by atoms with E-state index in [1.807, 2.05) is 6.92 Å². The Labute approximate surface area is 118 Å². The largest absolute Gasteiger partial charge is 0.374 e. The maximum atomic E-state index is 6.02. The van der Waals surface area contributed by atoms with Crippen molar-refractivity contribution < 1.29 is 4.74 Å². The monoisotopic (exact) mass is 282 g/mol. The number of fused-ring (bicyclic) bond motifs is 1. The number of hydrogen-bond acceptors (Lipinski definition) is 6. The molecule has 2 fully saturated rings. The maximum Gasteiger partial charge on any atom is 0.0945 e. The first-order valence-corrected chi connectivity index (χ1v) is 7.87. The number of nitrogens with zero attached hydrogens (tertiary/aromatic N) is 2. The Bertz CT molecular complexity index is 425. The topological polar surface area (TPSA) is 63.4 Å². The molecule has 0 aliphatic carbocycles. The van der Waals surface area contributed by atoms with Crippen LogP contribution in [0, 0.1) is 6.92 Å². The van der Waals surface area contributed by atoms with Crippen LogP contribution in [0.1, 0.15) is 23.5 Å². The minimum absolute atomic E-state index is 0.145. The number of nitrogens with two attached hydrogens (primary N) is 1. The molecule has 1 aromatic rings. The molecule has 3 rings (SSSR count). The minimum Gasteiger partial charge on any atom is -0.374 e. The van der Waals surface area contributed by atoms with E-state index in [0.717, 1.165) is 30.3 Å². The van der Waals surface area contributed by atoms with Crippen LogP contribution in [0.4, 0.5) is 0 Å². The molecule has 0 saturated carbocycles. The second-order valence-electron chi connectivity index (χ2n) is 5.52. The minimum atomic E-state index is 0.145. The molecule has 2 saturated heterocycles. The lowest BCUT2D eigenvalue weighted by Crippen LogP contribution is -2.56. The molecule has 2 aliphatic heterocycles. The highest BCUT2D eigenvalue weighted by Gasteiger charge is 2.35. The SMILES string of the molecule is Cc1csc(CC(NN)C2CN3CCCC3CO2)n1. The Morgan fingerprint density at radius 1 is 1.68 bits per heavy atom. The van der Waals surface area contributed by atoms with Gasteiger partial charge in [0.1, 0.15) is 0 Å². The molecule has 0 spiro atoms. The number of hydrogen-bond donors (Lipinski definition) is 2. The van der Waals surface area contributed by atoms with Crippen LogP contribution in [0.25, 0.3) is 0 Å². The standard InChI is InChI=1S/C13H22N4OS/c1-9-8-19-13(15-9)5-11(16-14)12-6-17-4-2-3-10(17)7-18-12/h8,10-12,16H,2-7,14H2,1H3. The Morgan fingerprint density at radius 3 is 3.32 bits per heavy atom. The summed E-state index contributed by atoms with van der Waals surface area (Å²) in [6.45, 7) is 5.07. The lowest BCUT2D eigenvalue weighted by atomic mass is 10.1. The maximum absolute atomic E-state index is 6.02. The van der Waals surface area contributed by atoms with E-state index >= 15 is 0 Å². The van der Waals surface area contributed by atoms with Crippen molar-refractivity contribution in [2.24, 2.45) is 5.84 Å². The Kier molecular flexibility index (Phi) is 4.14. The van der Waals surface area contributed by atoms with E-state index in [1.165, 1.54) is 19.4 Å². The highest BCUT2D eigenvalue weighted by molar-refractivity contribution is 7.09. The van der Waals surface area contributed by atoms with Crippen LogP contribution in [-0.4, -0.2) is 47.8 Å². The summed E-state index contributed by atoms with van der Waals surface area (Å²) < 4.78 is 6.02. The fraction of sp³-hybridized carbons (Fsp3) is 0.769. The third kappa shape index (κ3) is 2.98. The summed E-state index contributed by atoms with van der Waals surface area (Å²) in [6.07, 6.45) is 3.59. The number of morpholine rings is 1. The van der Waals surface area contributed by atoms with Crippen LogP contribution in [-0.2, 0) is 11.2 Å². The smallest absolute Gasteiger partial charge is 0.0945 e. The van der Waals surface area contributed by atoms with Gasteiger partial charge in [-0.25, -0.2) is 4.98 Å². The lowest BCUT2D eigenvalue weighted by Gasteiger charge is -2.38. The third-order valence-electron chi connectivity index (χ3n) is 4.14. The van der Waals surface area contributed by atoms with E-state index in [2.05, 4.69) is 20.7 Å². The molecule has 0 aromatic carbocycles. The van der Waals surface area contributed by atoms with Crippen LogP contribution in [0.3, 0.4) is 0 Å². The first-order valence-electron chi connectivity index (χ1n) is 6.99. The third-order valence-corrected chi connectivity index (χ3v) is 5.13. The zero-order chi connectivity index (χ0) is 13.2. The molecule has 6 heteroatoms. The van der Waals surface area contributed by atoms with E-state index in [4.69, 9.17) is 10.6 Å². The second-order valence-corrected chi connectivity index (χ2v) is 6.47. The van der Waals surface area contributed by atoms with Gasteiger partial charge >= 0.3 is 0 Å². The van der Waals surface area contributed by atoms with Crippen LogP contribution >= 0.6 is 11.3 Å². The van der Waals surface area contributed by atoms with Crippen molar-refractivity contribution in [2.45, 2.75) is 44.4 Å². The summed E-state index contributed by atoms with van der Waals surface area (Å²) in [5.74, 6) is 5.72. The van der Waals surface area contributed by atoms with Crippen LogP contribution in [0.2, 0.25) is 0 Å². The molecule has 3 N–H and O–H groups in total. The number of ether oxygens (including phenoxy) is 1. The van der Waals surface area contributed by atoms with Gasteiger partial charge in [0, 0.05) is 30.1 Å². The number of nitrogens with one attached hydrogen (secondary N) is 1. The normalized spacial score (nSPS) is 29.4. The predicted molar refractivity (Wildman–Crippen MR) is 76.0 cm³/mol. The van der Waals surface area contributed by atoms with Gasteiger partial charge in [-0.15, -0.1) is 11.3 Å². The summed E-state index contributed by atoms with van der Waals surface area (Å²) in [5.41, 5.74) is 4.01. The molecule has 3 atom stereocenters. The molecule has 0 amide bonds. The average molecular weight is 282 g/mol. The Balaban J connectivity index is 1.62. The summed E-state index contributed by atoms with van der Waals surface area (Å²) in [5, 5.41) is 3.22.